The smallest absolute Gasteiger partial charge is 0.148 e. The van der Waals surface area contributed by atoms with Crippen molar-refractivity contribution in [1.29, 1.82) is 0 Å². The number of anilines is 1. The largest absolute Gasteiger partial charge is 0.369 e. The van der Waals surface area contributed by atoms with Gasteiger partial charge < -0.3 is 9.50 Å². The number of halogens is 1. The summed E-state index contributed by atoms with van der Waals surface area (Å²) in [5.74, 6) is 0.762. The molecule has 120 valence electrons. The van der Waals surface area contributed by atoms with Gasteiger partial charge in [0.25, 0.3) is 0 Å². The molecule has 6 heteroatoms. The van der Waals surface area contributed by atoms with Gasteiger partial charge in [0.1, 0.15) is 17.2 Å². The third kappa shape index (κ3) is 7.88. The van der Waals surface area contributed by atoms with Gasteiger partial charge in [-0.3, -0.25) is 0 Å². The normalized spacial score (nSPS) is 10.8. The number of hydrogen-bond acceptors (Lipinski definition) is 5. The van der Waals surface area contributed by atoms with E-state index >= 15 is 0 Å². The molecule has 0 saturated carbocycles. The highest BCUT2D eigenvalue weighted by Gasteiger charge is 2.06. The van der Waals surface area contributed by atoms with Crippen LogP contribution in [-0.4, -0.2) is 29.4 Å². The molecule has 0 aliphatic heterocycles. The van der Waals surface area contributed by atoms with E-state index in [0.717, 1.165) is 43.9 Å². The van der Waals surface area contributed by atoms with Crippen LogP contribution < -0.4 is 5.32 Å². The van der Waals surface area contributed by atoms with Gasteiger partial charge in [-0.15, -0.1) is 0 Å². The van der Waals surface area contributed by atoms with Gasteiger partial charge in [0.2, 0.25) is 0 Å². The van der Waals surface area contributed by atoms with Crippen LogP contribution in [0, 0.1) is 0 Å². The third-order valence-electron chi connectivity index (χ3n) is 3.26. The van der Waals surface area contributed by atoms with Crippen molar-refractivity contribution >= 4 is 29.5 Å². The van der Waals surface area contributed by atoms with E-state index in [4.69, 9.17) is 15.8 Å². The second kappa shape index (κ2) is 12.1. The predicted octanol–water partition coefficient (Wildman–Crippen LogP) is 4.74. The van der Waals surface area contributed by atoms with Gasteiger partial charge in [-0.2, -0.15) is 0 Å². The Bertz CT molecular complexity index is 393. The second-order valence-corrected chi connectivity index (χ2v) is 5.82. The number of nitrogens with one attached hydrogen (secondary N) is 1. The Labute approximate surface area is 137 Å². The molecular weight excluding hydrogens is 306 g/mol. The Hall–Kier alpha value is -0.520. The minimum atomic E-state index is 0.661. The van der Waals surface area contributed by atoms with E-state index in [1.54, 1.807) is 6.33 Å². The lowest BCUT2D eigenvalue weighted by atomic mass is 10.1. The molecule has 0 amide bonds. The molecule has 21 heavy (non-hydrogen) atoms. The zero-order valence-corrected chi connectivity index (χ0v) is 14.6. The molecular formula is C15H26ClN3OS. The SMILES string of the molecule is CCc1ncnc(NCCCCCCCCOSC)c1Cl. The summed E-state index contributed by atoms with van der Waals surface area (Å²) in [7, 11) is 0. The zero-order chi connectivity index (χ0) is 15.3. The minimum Gasteiger partial charge on any atom is -0.369 e. The Morgan fingerprint density at radius 3 is 2.57 bits per heavy atom. The Morgan fingerprint density at radius 1 is 1.14 bits per heavy atom. The Kier molecular flexibility index (Phi) is 10.6. The second-order valence-electron chi connectivity index (χ2n) is 4.87. The first-order valence-corrected chi connectivity index (χ1v) is 9.21. The number of aryl methyl sites for hydroxylation is 1. The first-order chi connectivity index (χ1) is 10.3. The van der Waals surface area contributed by atoms with Crippen LogP contribution in [0.5, 0.6) is 0 Å². The van der Waals surface area contributed by atoms with Crippen molar-refractivity contribution in [2.24, 2.45) is 0 Å². The Morgan fingerprint density at radius 2 is 1.86 bits per heavy atom. The minimum absolute atomic E-state index is 0.661. The fourth-order valence-electron chi connectivity index (χ4n) is 2.06. The zero-order valence-electron chi connectivity index (χ0n) is 13.0. The quantitative estimate of drug-likeness (QED) is 0.443. The monoisotopic (exact) mass is 331 g/mol. The summed E-state index contributed by atoms with van der Waals surface area (Å²) in [5.41, 5.74) is 0.904. The van der Waals surface area contributed by atoms with Crippen molar-refractivity contribution in [1.82, 2.24) is 9.97 Å². The van der Waals surface area contributed by atoms with Crippen LogP contribution in [-0.2, 0) is 10.6 Å². The molecule has 0 aliphatic carbocycles. The maximum Gasteiger partial charge on any atom is 0.148 e. The lowest BCUT2D eigenvalue weighted by Gasteiger charge is -2.09. The molecule has 0 radical (unpaired) electrons. The van der Waals surface area contributed by atoms with Crippen molar-refractivity contribution in [2.75, 3.05) is 24.7 Å². The van der Waals surface area contributed by atoms with Crippen molar-refractivity contribution in [3.8, 4) is 0 Å². The first kappa shape index (κ1) is 18.5. The lowest BCUT2D eigenvalue weighted by Crippen LogP contribution is -2.05. The van der Waals surface area contributed by atoms with Crippen LogP contribution in [0.3, 0.4) is 0 Å². The van der Waals surface area contributed by atoms with E-state index < -0.39 is 0 Å². The number of rotatable bonds is 12. The van der Waals surface area contributed by atoms with E-state index in [0.29, 0.717) is 5.02 Å². The molecule has 0 fully saturated rings. The fourth-order valence-corrected chi connectivity index (χ4v) is 2.64. The van der Waals surface area contributed by atoms with Crippen LogP contribution in [0.15, 0.2) is 6.33 Å². The van der Waals surface area contributed by atoms with Gasteiger partial charge in [-0.1, -0.05) is 44.2 Å². The molecule has 0 spiro atoms. The molecule has 1 rings (SSSR count). The van der Waals surface area contributed by atoms with Crippen molar-refractivity contribution in [2.45, 2.75) is 51.9 Å². The highest BCUT2D eigenvalue weighted by molar-refractivity contribution is 7.93. The van der Waals surface area contributed by atoms with E-state index in [1.165, 1.54) is 37.7 Å². The Balaban J connectivity index is 2.04. The van der Waals surface area contributed by atoms with Gasteiger partial charge in [0.15, 0.2) is 0 Å². The molecule has 0 bridgehead atoms. The lowest BCUT2D eigenvalue weighted by molar-refractivity contribution is 0.356. The molecule has 1 aromatic heterocycles. The summed E-state index contributed by atoms with van der Waals surface area (Å²) in [6, 6.07) is 0. The number of aromatic nitrogens is 2. The van der Waals surface area contributed by atoms with Crippen LogP contribution in [0.25, 0.3) is 0 Å². The molecule has 0 unspecified atom stereocenters. The highest BCUT2D eigenvalue weighted by Crippen LogP contribution is 2.22. The molecule has 1 heterocycles. The molecule has 0 atom stereocenters. The van der Waals surface area contributed by atoms with Crippen molar-refractivity contribution in [3.63, 3.8) is 0 Å². The summed E-state index contributed by atoms with van der Waals surface area (Å²) >= 11 is 7.68. The maximum absolute atomic E-state index is 6.23. The summed E-state index contributed by atoms with van der Waals surface area (Å²) in [6.45, 7) is 3.83. The predicted molar refractivity (Wildman–Crippen MR) is 92.1 cm³/mol. The fraction of sp³-hybridized carbons (Fsp3) is 0.733. The summed E-state index contributed by atoms with van der Waals surface area (Å²) in [4.78, 5) is 8.35. The average molecular weight is 332 g/mol. The van der Waals surface area contributed by atoms with Crippen molar-refractivity contribution in [3.05, 3.63) is 17.0 Å². The third-order valence-corrected chi connectivity index (χ3v) is 4.06. The van der Waals surface area contributed by atoms with Gasteiger partial charge in [-0.05, 0) is 31.3 Å². The molecule has 1 N–H and O–H groups in total. The molecule has 1 aromatic rings. The van der Waals surface area contributed by atoms with Gasteiger partial charge in [-0.25, -0.2) is 9.97 Å². The van der Waals surface area contributed by atoms with Gasteiger partial charge >= 0.3 is 0 Å². The van der Waals surface area contributed by atoms with Crippen molar-refractivity contribution < 1.29 is 4.18 Å². The van der Waals surface area contributed by atoms with Gasteiger partial charge in [0, 0.05) is 12.8 Å². The molecule has 0 aromatic carbocycles. The number of hydrogen-bond donors (Lipinski definition) is 1. The standard InChI is InChI=1S/C15H26ClN3OS/c1-3-13-14(16)15(19-12-18-13)17-10-8-6-4-5-7-9-11-20-21-2/h12H,3-11H2,1-2H3,(H,17,18,19). The van der Waals surface area contributed by atoms with Crippen LogP contribution >= 0.6 is 23.6 Å². The first-order valence-electron chi connectivity index (χ1n) is 7.68. The van der Waals surface area contributed by atoms with E-state index in [1.807, 2.05) is 13.2 Å². The van der Waals surface area contributed by atoms with Crippen LogP contribution in [0.1, 0.15) is 51.1 Å². The highest BCUT2D eigenvalue weighted by atomic mass is 35.5. The van der Waals surface area contributed by atoms with E-state index in [2.05, 4.69) is 15.3 Å². The van der Waals surface area contributed by atoms with Crippen LogP contribution in [0.2, 0.25) is 5.02 Å². The maximum atomic E-state index is 6.23. The molecule has 4 nitrogen and oxygen atoms in total. The number of unbranched alkanes of at least 4 members (excludes halogenated alkanes) is 5. The van der Waals surface area contributed by atoms with Gasteiger partial charge in [0.05, 0.1) is 12.3 Å². The van der Waals surface area contributed by atoms with E-state index in [-0.39, 0.29) is 0 Å². The number of nitrogens with zero attached hydrogens (tertiary/aromatic N) is 2. The molecule has 0 aliphatic rings. The molecule has 0 saturated heterocycles. The summed E-state index contributed by atoms with van der Waals surface area (Å²) in [5, 5.41) is 3.96. The van der Waals surface area contributed by atoms with Crippen LogP contribution in [0.4, 0.5) is 5.82 Å². The van der Waals surface area contributed by atoms with E-state index in [9.17, 15) is 0 Å². The summed E-state index contributed by atoms with van der Waals surface area (Å²) < 4.78 is 5.24. The average Bonchev–Trinajstić information content (AvgIpc) is 2.50. The summed E-state index contributed by atoms with van der Waals surface area (Å²) in [6.07, 6.45) is 11.7. The topological polar surface area (TPSA) is 47.0 Å².